The van der Waals surface area contributed by atoms with Crippen molar-refractivity contribution < 1.29 is 4.79 Å². The van der Waals surface area contributed by atoms with Crippen LogP contribution in [-0.2, 0) is 4.79 Å². The average molecular weight is 345 g/mol. The molecule has 1 fully saturated rings. The summed E-state index contributed by atoms with van der Waals surface area (Å²) >= 11 is 1.34. The zero-order valence-electron chi connectivity index (χ0n) is 14.3. The minimum Gasteiger partial charge on any atom is -0.351 e. The first kappa shape index (κ1) is 17.0. The van der Waals surface area contributed by atoms with Crippen LogP contribution < -0.4 is 10.9 Å². The molecule has 0 spiro atoms. The van der Waals surface area contributed by atoms with Gasteiger partial charge in [-0.3, -0.25) is 14.2 Å². The second-order valence-electron chi connectivity index (χ2n) is 6.89. The quantitative estimate of drug-likeness (QED) is 0.645. The molecule has 1 heterocycles. The number of carbonyl (C=O) groups excluding carboxylic acids is 1. The summed E-state index contributed by atoms with van der Waals surface area (Å²) in [5.41, 5.74) is 0.473. The molecule has 3 rings (SSSR count). The van der Waals surface area contributed by atoms with E-state index >= 15 is 0 Å². The van der Waals surface area contributed by atoms with E-state index in [9.17, 15) is 9.59 Å². The number of carbonyl (C=O) groups is 1. The van der Waals surface area contributed by atoms with Crippen molar-refractivity contribution in [1.29, 1.82) is 0 Å². The van der Waals surface area contributed by atoms with Gasteiger partial charge in [-0.25, -0.2) is 4.98 Å². The average Bonchev–Trinajstić information content (AvgIpc) is 3.37. The molecular formula is C18H23N3O2S. The van der Waals surface area contributed by atoms with Crippen LogP contribution >= 0.6 is 11.8 Å². The van der Waals surface area contributed by atoms with E-state index in [4.69, 9.17) is 0 Å². The second kappa shape index (κ2) is 6.59. The van der Waals surface area contributed by atoms with Gasteiger partial charge < -0.3 is 5.32 Å². The van der Waals surface area contributed by atoms with Gasteiger partial charge in [0.05, 0.1) is 16.7 Å². The van der Waals surface area contributed by atoms with Crippen LogP contribution in [0.15, 0.2) is 34.2 Å². The number of aromatic nitrogens is 2. The lowest BCUT2D eigenvalue weighted by atomic mass is 10.0. The van der Waals surface area contributed by atoms with E-state index in [1.54, 1.807) is 4.57 Å². The van der Waals surface area contributed by atoms with Crippen molar-refractivity contribution in [3.8, 4) is 0 Å². The molecule has 0 unspecified atom stereocenters. The van der Waals surface area contributed by atoms with Gasteiger partial charge in [0, 0.05) is 11.6 Å². The van der Waals surface area contributed by atoms with Crippen molar-refractivity contribution >= 4 is 28.6 Å². The first-order chi connectivity index (χ1) is 11.4. The molecule has 1 aliphatic rings. The molecule has 128 valence electrons. The van der Waals surface area contributed by atoms with Crippen molar-refractivity contribution in [2.75, 3.05) is 5.75 Å². The molecule has 0 bridgehead atoms. The number of thioether (sulfide) groups is 1. The van der Waals surface area contributed by atoms with Crippen molar-refractivity contribution in [1.82, 2.24) is 14.9 Å². The van der Waals surface area contributed by atoms with Crippen LogP contribution in [0.4, 0.5) is 0 Å². The van der Waals surface area contributed by atoms with Gasteiger partial charge >= 0.3 is 0 Å². The number of hydrogen-bond donors (Lipinski definition) is 1. The van der Waals surface area contributed by atoms with Crippen molar-refractivity contribution in [2.24, 2.45) is 0 Å². The first-order valence-corrected chi connectivity index (χ1v) is 9.35. The third-order valence-corrected chi connectivity index (χ3v) is 5.33. The molecule has 1 aromatic carbocycles. The number of fused-ring (bicyclic) bond motifs is 1. The number of amides is 1. The highest BCUT2D eigenvalue weighted by atomic mass is 32.2. The van der Waals surface area contributed by atoms with E-state index in [-0.39, 0.29) is 28.8 Å². The van der Waals surface area contributed by atoms with Gasteiger partial charge in [0.15, 0.2) is 5.16 Å². The minimum atomic E-state index is -0.218. The van der Waals surface area contributed by atoms with Crippen LogP contribution in [0.1, 0.15) is 46.1 Å². The zero-order chi connectivity index (χ0) is 17.3. The largest absolute Gasteiger partial charge is 0.351 e. The Kier molecular flexibility index (Phi) is 4.67. The Balaban J connectivity index is 1.85. The summed E-state index contributed by atoms with van der Waals surface area (Å²) in [6.07, 6.45) is 2.87. The summed E-state index contributed by atoms with van der Waals surface area (Å²) in [6.45, 7) is 6.05. The topological polar surface area (TPSA) is 64.0 Å². The van der Waals surface area contributed by atoms with Crippen LogP contribution in [0.2, 0.25) is 0 Å². The standard InChI is InChI=1S/C18H23N3O2S/c1-4-18(2,3)20-15(22)11-24-17-19-14-8-6-5-7-13(14)16(23)21(17)12-9-10-12/h5-8,12H,4,9-11H2,1-3H3,(H,20,22). The van der Waals surface area contributed by atoms with E-state index in [0.717, 1.165) is 19.3 Å². The molecule has 0 aliphatic heterocycles. The van der Waals surface area contributed by atoms with Crippen molar-refractivity contribution in [3.05, 3.63) is 34.6 Å². The lowest BCUT2D eigenvalue weighted by Crippen LogP contribution is -2.43. The Labute approximate surface area is 145 Å². The van der Waals surface area contributed by atoms with Gasteiger partial charge in [-0.1, -0.05) is 30.8 Å². The lowest BCUT2D eigenvalue weighted by Gasteiger charge is -2.24. The first-order valence-electron chi connectivity index (χ1n) is 8.36. The van der Waals surface area contributed by atoms with Crippen LogP contribution in [-0.4, -0.2) is 26.8 Å². The normalized spacial score (nSPS) is 14.8. The van der Waals surface area contributed by atoms with Gasteiger partial charge in [0.25, 0.3) is 5.56 Å². The predicted octanol–water partition coefficient (Wildman–Crippen LogP) is 3.13. The molecular weight excluding hydrogens is 322 g/mol. The highest BCUT2D eigenvalue weighted by molar-refractivity contribution is 7.99. The number of para-hydroxylation sites is 1. The van der Waals surface area contributed by atoms with E-state index in [1.165, 1.54) is 11.8 Å². The number of benzene rings is 1. The fraction of sp³-hybridized carbons (Fsp3) is 0.500. The molecule has 0 atom stereocenters. The maximum Gasteiger partial charge on any atom is 0.262 e. The van der Waals surface area contributed by atoms with Gasteiger partial charge in [-0.05, 0) is 45.2 Å². The molecule has 6 heteroatoms. The van der Waals surface area contributed by atoms with Crippen molar-refractivity contribution in [2.45, 2.75) is 56.8 Å². The summed E-state index contributed by atoms with van der Waals surface area (Å²) in [7, 11) is 0. The number of nitrogens with zero attached hydrogens (tertiary/aromatic N) is 2. The van der Waals surface area contributed by atoms with Crippen LogP contribution in [0.3, 0.4) is 0 Å². The Morgan fingerprint density at radius 2 is 2.08 bits per heavy atom. The third-order valence-electron chi connectivity index (χ3n) is 4.38. The van der Waals surface area contributed by atoms with Crippen LogP contribution in [0.5, 0.6) is 0 Å². The van der Waals surface area contributed by atoms with Gasteiger partial charge in [-0.2, -0.15) is 0 Å². The fourth-order valence-electron chi connectivity index (χ4n) is 2.51. The van der Waals surface area contributed by atoms with E-state index in [2.05, 4.69) is 10.3 Å². The second-order valence-corrected chi connectivity index (χ2v) is 7.83. The summed E-state index contributed by atoms with van der Waals surface area (Å²) < 4.78 is 1.77. The molecule has 0 radical (unpaired) electrons. The Hall–Kier alpha value is -1.82. The smallest absolute Gasteiger partial charge is 0.262 e. The Morgan fingerprint density at radius 3 is 2.75 bits per heavy atom. The van der Waals surface area contributed by atoms with Crippen LogP contribution in [0.25, 0.3) is 10.9 Å². The Morgan fingerprint density at radius 1 is 1.38 bits per heavy atom. The van der Waals surface area contributed by atoms with Gasteiger partial charge in [0.1, 0.15) is 0 Å². The molecule has 24 heavy (non-hydrogen) atoms. The molecule has 1 N–H and O–H groups in total. The summed E-state index contributed by atoms with van der Waals surface area (Å²) in [6, 6.07) is 7.62. The molecule has 5 nitrogen and oxygen atoms in total. The molecule has 1 aliphatic carbocycles. The number of rotatable bonds is 6. The Bertz CT molecular complexity index is 825. The minimum absolute atomic E-state index is 0.0000961. The number of hydrogen-bond acceptors (Lipinski definition) is 4. The van der Waals surface area contributed by atoms with Gasteiger partial charge in [0.2, 0.25) is 5.91 Å². The van der Waals surface area contributed by atoms with E-state index in [0.29, 0.717) is 16.1 Å². The van der Waals surface area contributed by atoms with E-state index < -0.39 is 0 Å². The zero-order valence-corrected chi connectivity index (χ0v) is 15.2. The summed E-state index contributed by atoms with van der Waals surface area (Å²) in [4.78, 5) is 29.6. The van der Waals surface area contributed by atoms with Gasteiger partial charge in [-0.15, -0.1) is 0 Å². The molecule has 1 aromatic heterocycles. The highest BCUT2D eigenvalue weighted by Gasteiger charge is 2.29. The lowest BCUT2D eigenvalue weighted by molar-refractivity contribution is -0.120. The maximum absolute atomic E-state index is 12.8. The molecule has 0 saturated heterocycles. The molecule has 1 saturated carbocycles. The third kappa shape index (κ3) is 3.64. The highest BCUT2D eigenvalue weighted by Crippen LogP contribution is 2.36. The fourth-order valence-corrected chi connectivity index (χ4v) is 3.38. The number of nitrogens with one attached hydrogen (secondary N) is 1. The SMILES string of the molecule is CCC(C)(C)NC(=O)CSc1nc2ccccc2c(=O)n1C1CC1. The summed E-state index contributed by atoms with van der Waals surface area (Å²) in [5, 5.41) is 4.31. The predicted molar refractivity (Wildman–Crippen MR) is 97.5 cm³/mol. The monoisotopic (exact) mass is 345 g/mol. The van der Waals surface area contributed by atoms with Crippen LogP contribution in [0, 0.1) is 0 Å². The molecule has 1 amide bonds. The molecule has 2 aromatic rings. The summed E-state index contributed by atoms with van der Waals surface area (Å²) in [5.74, 6) is 0.234. The van der Waals surface area contributed by atoms with E-state index in [1.807, 2.05) is 45.0 Å². The maximum atomic E-state index is 12.8. The van der Waals surface area contributed by atoms with Crippen molar-refractivity contribution in [3.63, 3.8) is 0 Å².